The maximum atomic E-state index is 13.2. The molecule has 4 nitrogen and oxygen atoms in total. The van der Waals surface area contributed by atoms with E-state index < -0.39 is 44.0 Å². The Kier molecular flexibility index (Phi) is 5.21. The van der Waals surface area contributed by atoms with Gasteiger partial charge in [-0.2, -0.15) is 13.2 Å². The summed E-state index contributed by atoms with van der Waals surface area (Å²) in [5, 5.41) is 0. The van der Waals surface area contributed by atoms with Gasteiger partial charge in [0.1, 0.15) is 5.75 Å². The van der Waals surface area contributed by atoms with Crippen LogP contribution in [0.25, 0.3) is 0 Å². The van der Waals surface area contributed by atoms with E-state index in [1.165, 1.54) is 0 Å². The Morgan fingerprint density at radius 1 is 1.04 bits per heavy atom. The van der Waals surface area contributed by atoms with Crippen LogP contribution in [-0.2, 0) is 16.2 Å². The first-order chi connectivity index (χ1) is 11.5. The van der Waals surface area contributed by atoms with Crippen molar-refractivity contribution in [2.75, 3.05) is 11.3 Å². The van der Waals surface area contributed by atoms with Gasteiger partial charge in [0.05, 0.1) is 22.8 Å². The predicted molar refractivity (Wildman–Crippen MR) is 79.8 cm³/mol. The highest BCUT2D eigenvalue weighted by Gasteiger charge is 2.35. The lowest BCUT2D eigenvalue weighted by Gasteiger charge is -2.16. The van der Waals surface area contributed by atoms with Gasteiger partial charge < -0.3 is 4.74 Å². The van der Waals surface area contributed by atoms with E-state index in [2.05, 4.69) is 0 Å². The standard InChI is InChI=1S/C15H12F5NO3S/c1-2-24-9-3-6-14(11(7-9)15(18,19)20)21-25(22,23)10-4-5-12(16)13(17)8-10/h3-8,21H,2H2,1H3. The van der Waals surface area contributed by atoms with Crippen molar-refractivity contribution in [2.24, 2.45) is 0 Å². The molecule has 0 saturated carbocycles. The summed E-state index contributed by atoms with van der Waals surface area (Å²) >= 11 is 0. The summed E-state index contributed by atoms with van der Waals surface area (Å²) in [5.74, 6) is -2.81. The van der Waals surface area contributed by atoms with Crippen molar-refractivity contribution in [2.45, 2.75) is 18.0 Å². The fraction of sp³-hybridized carbons (Fsp3) is 0.200. The first kappa shape index (κ1) is 19.0. The third-order valence-corrected chi connectivity index (χ3v) is 4.42. The lowest BCUT2D eigenvalue weighted by atomic mass is 10.1. The Bertz CT molecular complexity index is 881. The van der Waals surface area contributed by atoms with Crippen LogP contribution in [0, 0.1) is 11.6 Å². The summed E-state index contributed by atoms with van der Waals surface area (Å²) in [4.78, 5) is -0.714. The monoisotopic (exact) mass is 381 g/mol. The summed E-state index contributed by atoms with van der Waals surface area (Å²) in [6, 6.07) is 4.36. The largest absolute Gasteiger partial charge is 0.494 e. The highest BCUT2D eigenvalue weighted by atomic mass is 32.2. The van der Waals surface area contributed by atoms with Crippen molar-refractivity contribution < 1.29 is 35.1 Å². The first-order valence-corrected chi connectivity index (χ1v) is 8.35. The minimum atomic E-state index is -4.86. The molecule has 0 aliphatic heterocycles. The van der Waals surface area contributed by atoms with Crippen molar-refractivity contribution in [3.63, 3.8) is 0 Å². The molecule has 25 heavy (non-hydrogen) atoms. The lowest BCUT2D eigenvalue weighted by Crippen LogP contribution is -2.17. The zero-order chi connectivity index (χ0) is 18.8. The normalized spacial score (nSPS) is 12.1. The molecule has 0 atom stereocenters. The van der Waals surface area contributed by atoms with Gasteiger partial charge in [-0.15, -0.1) is 0 Å². The molecule has 2 aromatic carbocycles. The number of rotatable bonds is 5. The third kappa shape index (κ3) is 4.38. The SMILES string of the molecule is CCOc1ccc(NS(=O)(=O)c2ccc(F)c(F)c2)c(C(F)(F)F)c1. The molecule has 0 aromatic heterocycles. The van der Waals surface area contributed by atoms with Gasteiger partial charge in [0.2, 0.25) is 0 Å². The van der Waals surface area contributed by atoms with Crippen LogP contribution in [0.3, 0.4) is 0 Å². The maximum absolute atomic E-state index is 13.2. The number of benzene rings is 2. The molecule has 1 N–H and O–H groups in total. The summed E-state index contributed by atoms with van der Waals surface area (Å²) in [7, 11) is -4.56. The number of alkyl halides is 3. The zero-order valence-corrected chi connectivity index (χ0v) is 13.5. The van der Waals surface area contributed by atoms with E-state index in [0.717, 1.165) is 18.2 Å². The van der Waals surface area contributed by atoms with E-state index in [9.17, 15) is 30.4 Å². The molecule has 0 fully saturated rings. The van der Waals surface area contributed by atoms with E-state index in [0.29, 0.717) is 18.2 Å². The van der Waals surface area contributed by atoms with Crippen LogP contribution in [0.4, 0.5) is 27.6 Å². The van der Waals surface area contributed by atoms with Crippen LogP contribution in [-0.4, -0.2) is 15.0 Å². The van der Waals surface area contributed by atoms with E-state index in [-0.39, 0.29) is 12.4 Å². The van der Waals surface area contributed by atoms with Gasteiger partial charge in [-0.05, 0) is 43.3 Å². The number of halogens is 5. The molecule has 2 aromatic rings. The number of hydrogen-bond acceptors (Lipinski definition) is 3. The fourth-order valence-electron chi connectivity index (χ4n) is 1.95. The van der Waals surface area contributed by atoms with Crippen LogP contribution in [0.1, 0.15) is 12.5 Å². The molecular weight excluding hydrogens is 369 g/mol. The smallest absolute Gasteiger partial charge is 0.418 e. The molecule has 0 unspecified atom stereocenters. The summed E-state index contributed by atoms with van der Waals surface area (Å²) in [6.45, 7) is 1.70. The molecule has 0 saturated heterocycles. The topological polar surface area (TPSA) is 55.4 Å². The van der Waals surface area contributed by atoms with E-state index in [4.69, 9.17) is 4.74 Å². The Balaban J connectivity index is 2.46. The van der Waals surface area contributed by atoms with Crippen molar-refractivity contribution in [1.82, 2.24) is 0 Å². The molecule has 2 rings (SSSR count). The highest BCUT2D eigenvalue weighted by Crippen LogP contribution is 2.38. The third-order valence-electron chi connectivity index (χ3n) is 3.05. The van der Waals surface area contributed by atoms with Gasteiger partial charge >= 0.3 is 6.18 Å². The molecule has 0 spiro atoms. The minimum absolute atomic E-state index is 0.0920. The maximum Gasteiger partial charge on any atom is 0.418 e. The molecule has 0 aliphatic rings. The van der Waals surface area contributed by atoms with E-state index in [1.807, 2.05) is 0 Å². The quantitative estimate of drug-likeness (QED) is 0.791. The summed E-state index contributed by atoms with van der Waals surface area (Å²) in [5.41, 5.74) is -2.04. The minimum Gasteiger partial charge on any atom is -0.494 e. The average Bonchev–Trinajstić information content (AvgIpc) is 2.50. The van der Waals surface area contributed by atoms with Crippen molar-refractivity contribution in [1.29, 1.82) is 0 Å². The zero-order valence-electron chi connectivity index (χ0n) is 12.7. The molecule has 0 radical (unpaired) electrons. The number of nitrogens with one attached hydrogen (secondary N) is 1. The van der Waals surface area contributed by atoms with Crippen LogP contribution < -0.4 is 9.46 Å². The van der Waals surface area contributed by atoms with Gasteiger partial charge in [-0.25, -0.2) is 17.2 Å². The molecule has 10 heteroatoms. The molecule has 0 amide bonds. The Morgan fingerprint density at radius 2 is 1.72 bits per heavy atom. The number of anilines is 1. The van der Waals surface area contributed by atoms with E-state index >= 15 is 0 Å². The van der Waals surface area contributed by atoms with Crippen molar-refractivity contribution in [3.8, 4) is 5.75 Å². The van der Waals surface area contributed by atoms with E-state index in [1.54, 1.807) is 11.6 Å². The van der Waals surface area contributed by atoms with Gasteiger partial charge in [0, 0.05) is 0 Å². The first-order valence-electron chi connectivity index (χ1n) is 6.86. The second kappa shape index (κ2) is 6.87. The molecule has 0 aliphatic carbocycles. The van der Waals surface area contributed by atoms with Gasteiger partial charge in [0.25, 0.3) is 10.0 Å². The van der Waals surface area contributed by atoms with Gasteiger partial charge in [-0.3, -0.25) is 4.72 Å². The Labute approximate surface area is 140 Å². The van der Waals surface area contributed by atoms with Crippen LogP contribution >= 0.6 is 0 Å². The number of ether oxygens (including phenoxy) is 1. The van der Waals surface area contributed by atoms with Gasteiger partial charge in [-0.1, -0.05) is 0 Å². The van der Waals surface area contributed by atoms with Crippen LogP contribution in [0.5, 0.6) is 5.75 Å². The molecule has 0 bridgehead atoms. The number of sulfonamides is 1. The highest BCUT2D eigenvalue weighted by molar-refractivity contribution is 7.92. The van der Waals surface area contributed by atoms with Crippen LogP contribution in [0.15, 0.2) is 41.3 Å². The number of hydrogen-bond donors (Lipinski definition) is 1. The second-order valence-corrected chi connectivity index (χ2v) is 6.50. The summed E-state index contributed by atoms with van der Waals surface area (Å²) in [6.07, 6.45) is -4.86. The Morgan fingerprint density at radius 3 is 2.28 bits per heavy atom. The molecular formula is C15H12F5NO3S. The molecule has 0 heterocycles. The van der Waals surface area contributed by atoms with Crippen LogP contribution in [0.2, 0.25) is 0 Å². The van der Waals surface area contributed by atoms with Crippen molar-refractivity contribution in [3.05, 3.63) is 53.6 Å². The lowest BCUT2D eigenvalue weighted by molar-refractivity contribution is -0.137. The fourth-order valence-corrected chi connectivity index (χ4v) is 3.04. The predicted octanol–water partition coefficient (Wildman–Crippen LogP) is 4.18. The molecule has 136 valence electrons. The summed E-state index contributed by atoms with van der Waals surface area (Å²) < 4.78 is 96.6. The second-order valence-electron chi connectivity index (χ2n) is 4.82. The average molecular weight is 381 g/mol. The van der Waals surface area contributed by atoms with Gasteiger partial charge in [0.15, 0.2) is 11.6 Å². The Hall–Kier alpha value is -2.36. The van der Waals surface area contributed by atoms with Crippen molar-refractivity contribution >= 4 is 15.7 Å².